The van der Waals surface area contributed by atoms with E-state index in [1.54, 1.807) is 18.2 Å². The lowest BCUT2D eigenvalue weighted by atomic mass is 9.97. The van der Waals surface area contributed by atoms with Crippen LogP contribution in [0.4, 0.5) is 0 Å². The van der Waals surface area contributed by atoms with E-state index in [0.29, 0.717) is 22.9 Å². The number of carbonyl (C=O) groups is 1. The molecule has 3 aromatic rings. The number of rotatable bonds is 6. The van der Waals surface area contributed by atoms with Crippen LogP contribution in [0.25, 0.3) is 0 Å². The van der Waals surface area contributed by atoms with Crippen molar-refractivity contribution in [1.82, 2.24) is 5.32 Å². The number of halogens is 1. The first kappa shape index (κ1) is 19.0. The number of ether oxygens (including phenoxy) is 1. The molecular formula is C23H22ClNO2. The van der Waals surface area contributed by atoms with Crippen molar-refractivity contribution in [2.24, 2.45) is 0 Å². The molecule has 1 unspecified atom stereocenters. The van der Waals surface area contributed by atoms with Crippen LogP contribution in [-0.4, -0.2) is 12.5 Å². The van der Waals surface area contributed by atoms with E-state index in [2.05, 4.69) is 11.4 Å². The van der Waals surface area contributed by atoms with Crippen LogP contribution in [0.5, 0.6) is 5.75 Å². The second-order valence-electron chi connectivity index (χ2n) is 6.31. The van der Waals surface area contributed by atoms with Crippen LogP contribution >= 0.6 is 11.6 Å². The third kappa shape index (κ3) is 4.69. The fourth-order valence-corrected chi connectivity index (χ4v) is 3.22. The van der Waals surface area contributed by atoms with Gasteiger partial charge in [-0.15, -0.1) is 0 Å². The Morgan fingerprint density at radius 2 is 1.74 bits per heavy atom. The molecule has 27 heavy (non-hydrogen) atoms. The summed E-state index contributed by atoms with van der Waals surface area (Å²) in [6.07, 6.45) is 0. The predicted molar refractivity (Wildman–Crippen MR) is 110 cm³/mol. The van der Waals surface area contributed by atoms with Crippen LogP contribution < -0.4 is 10.1 Å². The summed E-state index contributed by atoms with van der Waals surface area (Å²) in [5.41, 5.74) is 3.70. The van der Waals surface area contributed by atoms with Gasteiger partial charge in [0, 0.05) is 5.56 Å². The molecule has 1 atom stereocenters. The van der Waals surface area contributed by atoms with E-state index in [1.165, 1.54) is 0 Å². The number of benzene rings is 3. The first-order chi connectivity index (χ1) is 13.1. The first-order valence-electron chi connectivity index (χ1n) is 8.93. The Morgan fingerprint density at radius 3 is 2.41 bits per heavy atom. The third-order valence-electron chi connectivity index (χ3n) is 4.28. The van der Waals surface area contributed by atoms with E-state index >= 15 is 0 Å². The normalized spacial score (nSPS) is 11.7. The molecule has 0 bridgehead atoms. The summed E-state index contributed by atoms with van der Waals surface area (Å²) < 4.78 is 5.44. The Balaban J connectivity index is 1.90. The molecule has 138 valence electrons. The highest BCUT2D eigenvalue weighted by atomic mass is 35.5. The van der Waals surface area contributed by atoms with Gasteiger partial charge in [0.15, 0.2) is 0 Å². The lowest BCUT2D eigenvalue weighted by Crippen LogP contribution is -2.29. The van der Waals surface area contributed by atoms with Gasteiger partial charge in [-0.1, -0.05) is 71.8 Å². The van der Waals surface area contributed by atoms with Crippen molar-refractivity contribution < 1.29 is 9.53 Å². The predicted octanol–water partition coefficient (Wildman–Crippen LogP) is 5.57. The first-order valence-corrected chi connectivity index (χ1v) is 9.31. The maximum Gasteiger partial charge on any atom is 0.252 e. The molecule has 4 heteroatoms. The van der Waals surface area contributed by atoms with E-state index < -0.39 is 0 Å². The van der Waals surface area contributed by atoms with Gasteiger partial charge in [0.2, 0.25) is 0 Å². The smallest absolute Gasteiger partial charge is 0.252 e. The summed E-state index contributed by atoms with van der Waals surface area (Å²) in [6.45, 7) is 4.46. The molecule has 1 amide bonds. The quantitative estimate of drug-likeness (QED) is 0.608. The largest absolute Gasteiger partial charge is 0.492 e. The molecular weight excluding hydrogens is 358 g/mol. The summed E-state index contributed by atoms with van der Waals surface area (Å²) in [5, 5.41) is 3.56. The summed E-state index contributed by atoms with van der Waals surface area (Å²) in [6, 6.07) is 22.9. The molecule has 0 fully saturated rings. The van der Waals surface area contributed by atoms with Gasteiger partial charge < -0.3 is 10.1 Å². The Kier molecular flexibility index (Phi) is 6.15. The van der Waals surface area contributed by atoms with Gasteiger partial charge in [0.1, 0.15) is 5.75 Å². The zero-order valence-corrected chi connectivity index (χ0v) is 16.2. The molecule has 0 saturated heterocycles. The second kappa shape index (κ2) is 8.74. The molecule has 3 nitrogen and oxygen atoms in total. The number of hydrogen-bond acceptors (Lipinski definition) is 2. The molecule has 0 aliphatic rings. The van der Waals surface area contributed by atoms with Crippen LogP contribution in [0.1, 0.15) is 40.0 Å². The maximum atomic E-state index is 12.9. The van der Waals surface area contributed by atoms with Gasteiger partial charge >= 0.3 is 0 Å². The van der Waals surface area contributed by atoms with Crippen molar-refractivity contribution >= 4 is 17.5 Å². The van der Waals surface area contributed by atoms with E-state index in [9.17, 15) is 4.79 Å². The number of amides is 1. The molecule has 0 saturated carbocycles. The Bertz CT molecular complexity index is 925. The lowest BCUT2D eigenvalue weighted by molar-refractivity contribution is 0.0943. The standard InChI is InChI=1S/C23H22ClNO2/c1-3-27-21-13-12-19(15-20(21)24)23(26)25-22(17-9-5-4-6-10-17)18-11-7-8-16(2)14-18/h4-15,22H,3H2,1-2H3,(H,25,26). The van der Waals surface area contributed by atoms with Gasteiger partial charge in [-0.2, -0.15) is 0 Å². The molecule has 1 N–H and O–H groups in total. The summed E-state index contributed by atoms with van der Waals surface area (Å²) in [4.78, 5) is 12.9. The molecule has 0 heterocycles. The Morgan fingerprint density at radius 1 is 1.00 bits per heavy atom. The zero-order chi connectivity index (χ0) is 19.2. The second-order valence-corrected chi connectivity index (χ2v) is 6.72. The van der Waals surface area contributed by atoms with Crippen molar-refractivity contribution in [1.29, 1.82) is 0 Å². The number of nitrogens with one attached hydrogen (secondary N) is 1. The van der Waals surface area contributed by atoms with E-state index in [0.717, 1.165) is 16.7 Å². The number of carbonyl (C=O) groups excluding carboxylic acids is 1. The van der Waals surface area contributed by atoms with Crippen LogP contribution in [0.15, 0.2) is 72.8 Å². The minimum atomic E-state index is -0.246. The zero-order valence-electron chi connectivity index (χ0n) is 15.4. The Labute approximate surface area is 164 Å². The monoisotopic (exact) mass is 379 g/mol. The fourth-order valence-electron chi connectivity index (χ4n) is 2.98. The summed E-state index contributed by atoms with van der Waals surface area (Å²) >= 11 is 6.24. The highest BCUT2D eigenvalue weighted by molar-refractivity contribution is 6.32. The number of hydrogen-bond donors (Lipinski definition) is 1. The van der Waals surface area contributed by atoms with Crippen LogP contribution in [-0.2, 0) is 0 Å². The number of aryl methyl sites for hydroxylation is 1. The maximum absolute atomic E-state index is 12.9. The molecule has 0 radical (unpaired) electrons. The van der Waals surface area contributed by atoms with Crippen LogP contribution in [0.3, 0.4) is 0 Å². The molecule has 0 spiro atoms. The molecule has 3 rings (SSSR count). The van der Waals surface area contributed by atoms with Crippen molar-refractivity contribution in [2.45, 2.75) is 19.9 Å². The fraction of sp³-hybridized carbons (Fsp3) is 0.174. The van der Waals surface area contributed by atoms with Crippen LogP contribution in [0.2, 0.25) is 5.02 Å². The minimum Gasteiger partial charge on any atom is -0.492 e. The lowest BCUT2D eigenvalue weighted by Gasteiger charge is -2.20. The van der Waals surface area contributed by atoms with Crippen molar-refractivity contribution in [3.05, 3.63) is 100 Å². The molecule has 3 aromatic carbocycles. The highest BCUT2D eigenvalue weighted by Crippen LogP contribution is 2.27. The molecule has 0 aromatic heterocycles. The Hall–Kier alpha value is -2.78. The van der Waals surface area contributed by atoms with E-state index in [-0.39, 0.29) is 11.9 Å². The SMILES string of the molecule is CCOc1ccc(C(=O)NC(c2ccccc2)c2cccc(C)c2)cc1Cl. The van der Waals surface area contributed by atoms with E-state index in [4.69, 9.17) is 16.3 Å². The molecule has 0 aliphatic heterocycles. The van der Waals surface area contributed by atoms with Gasteiger partial charge in [-0.3, -0.25) is 4.79 Å². The average Bonchev–Trinajstić information content (AvgIpc) is 2.68. The van der Waals surface area contributed by atoms with Gasteiger partial charge in [-0.05, 0) is 43.2 Å². The minimum absolute atomic E-state index is 0.185. The van der Waals surface area contributed by atoms with Crippen molar-refractivity contribution in [2.75, 3.05) is 6.61 Å². The van der Waals surface area contributed by atoms with Gasteiger partial charge in [0.25, 0.3) is 5.91 Å². The van der Waals surface area contributed by atoms with Crippen molar-refractivity contribution in [3.63, 3.8) is 0 Å². The topological polar surface area (TPSA) is 38.3 Å². The highest BCUT2D eigenvalue weighted by Gasteiger charge is 2.18. The third-order valence-corrected chi connectivity index (χ3v) is 4.57. The average molecular weight is 380 g/mol. The molecule has 0 aliphatic carbocycles. The van der Waals surface area contributed by atoms with Crippen LogP contribution in [0, 0.1) is 6.92 Å². The summed E-state index contributed by atoms with van der Waals surface area (Å²) in [7, 11) is 0. The van der Waals surface area contributed by atoms with Gasteiger partial charge in [0.05, 0.1) is 17.7 Å². The van der Waals surface area contributed by atoms with Crippen molar-refractivity contribution in [3.8, 4) is 5.75 Å². The summed E-state index contributed by atoms with van der Waals surface area (Å²) in [5.74, 6) is 0.393. The van der Waals surface area contributed by atoms with E-state index in [1.807, 2.05) is 62.4 Å². The van der Waals surface area contributed by atoms with Gasteiger partial charge in [-0.25, -0.2) is 0 Å².